The van der Waals surface area contributed by atoms with Crippen molar-refractivity contribution in [2.45, 2.75) is 6.92 Å². The molecule has 2 rings (SSSR count). The van der Waals surface area contributed by atoms with Gasteiger partial charge in [-0.1, -0.05) is 6.07 Å². The molecule has 1 aromatic heterocycles. The largest absolute Gasteiger partial charge is 0.481 e. The summed E-state index contributed by atoms with van der Waals surface area (Å²) < 4.78 is 6.30. The summed E-state index contributed by atoms with van der Waals surface area (Å²) in [7, 11) is 1.63. The van der Waals surface area contributed by atoms with E-state index >= 15 is 0 Å². The van der Waals surface area contributed by atoms with Crippen LogP contribution in [0.25, 0.3) is 10.8 Å². The Balaban J connectivity index is 2.86. The minimum Gasteiger partial charge on any atom is -0.481 e. The Hall–Kier alpha value is -1.09. The molecular weight excluding hydrogens is 242 g/mol. The number of halogens is 1. The van der Waals surface area contributed by atoms with Crippen molar-refractivity contribution in [3.8, 4) is 5.88 Å². The van der Waals surface area contributed by atoms with Crippen LogP contribution in [0, 0.1) is 6.92 Å². The normalized spacial score (nSPS) is 10.5. The van der Waals surface area contributed by atoms with Crippen LogP contribution in [0.1, 0.15) is 5.56 Å². The third-order valence-electron chi connectivity index (χ3n) is 2.23. The van der Waals surface area contributed by atoms with Gasteiger partial charge >= 0.3 is 0 Å². The highest BCUT2D eigenvalue weighted by Crippen LogP contribution is 2.31. The maximum Gasteiger partial charge on any atom is 0.221 e. The van der Waals surface area contributed by atoms with Crippen molar-refractivity contribution in [3.05, 3.63) is 34.4 Å². The number of methoxy groups -OCH3 is 1. The molecule has 14 heavy (non-hydrogen) atoms. The van der Waals surface area contributed by atoms with Gasteiger partial charge in [-0.3, -0.25) is 0 Å². The first-order valence-corrected chi connectivity index (χ1v) is 5.11. The van der Waals surface area contributed by atoms with Gasteiger partial charge in [-0.2, -0.15) is 0 Å². The molecule has 0 saturated heterocycles. The molecule has 2 nitrogen and oxygen atoms in total. The van der Waals surface area contributed by atoms with E-state index < -0.39 is 0 Å². The fourth-order valence-corrected chi connectivity index (χ4v) is 1.94. The predicted octanol–water partition coefficient (Wildman–Crippen LogP) is 3.31. The summed E-state index contributed by atoms with van der Waals surface area (Å²) in [6, 6.07) is 6.06. The van der Waals surface area contributed by atoms with Crippen molar-refractivity contribution < 1.29 is 4.74 Å². The van der Waals surface area contributed by atoms with Crippen LogP contribution in [0.2, 0.25) is 0 Å². The van der Waals surface area contributed by atoms with E-state index in [9.17, 15) is 0 Å². The van der Waals surface area contributed by atoms with Crippen LogP contribution in [0.4, 0.5) is 0 Å². The smallest absolute Gasteiger partial charge is 0.221 e. The van der Waals surface area contributed by atoms with Gasteiger partial charge in [-0.25, -0.2) is 4.98 Å². The standard InChI is InChI=1S/C11H10BrNO/c1-7-3-4-9-8(10(7)12)5-6-13-11(9)14-2/h3-6H,1-2H3. The lowest BCUT2D eigenvalue weighted by Crippen LogP contribution is -1.89. The summed E-state index contributed by atoms with van der Waals surface area (Å²) in [6.07, 6.45) is 1.76. The highest BCUT2D eigenvalue weighted by molar-refractivity contribution is 9.10. The van der Waals surface area contributed by atoms with Crippen LogP contribution in [0.15, 0.2) is 28.9 Å². The van der Waals surface area contributed by atoms with Crippen molar-refractivity contribution >= 4 is 26.7 Å². The molecule has 0 bridgehead atoms. The van der Waals surface area contributed by atoms with Crippen molar-refractivity contribution in [2.24, 2.45) is 0 Å². The summed E-state index contributed by atoms with van der Waals surface area (Å²) >= 11 is 3.56. The summed E-state index contributed by atoms with van der Waals surface area (Å²) in [6.45, 7) is 2.07. The van der Waals surface area contributed by atoms with Gasteiger partial charge in [0.1, 0.15) is 0 Å². The second kappa shape index (κ2) is 3.58. The average molecular weight is 252 g/mol. The van der Waals surface area contributed by atoms with E-state index in [0.29, 0.717) is 5.88 Å². The molecule has 1 heterocycles. The number of fused-ring (bicyclic) bond motifs is 1. The van der Waals surface area contributed by atoms with Crippen LogP contribution in [0.5, 0.6) is 5.88 Å². The minimum absolute atomic E-state index is 0.670. The van der Waals surface area contributed by atoms with Crippen LogP contribution >= 0.6 is 15.9 Å². The number of rotatable bonds is 1. The number of pyridine rings is 1. The second-order valence-corrected chi connectivity index (χ2v) is 3.90. The zero-order chi connectivity index (χ0) is 10.1. The van der Waals surface area contributed by atoms with Crippen molar-refractivity contribution in [1.82, 2.24) is 4.98 Å². The van der Waals surface area contributed by atoms with E-state index in [-0.39, 0.29) is 0 Å². The Morgan fingerprint density at radius 2 is 2.00 bits per heavy atom. The van der Waals surface area contributed by atoms with Crippen LogP contribution in [0.3, 0.4) is 0 Å². The number of ether oxygens (including phenoxy) is 1. The Morgan fingerprint density at radius 3 is 2.71 bits per heavy atom. The van der Waals surface area contributed by atoms with Gasteiger partial charge < -0.3 is 4.74 Å². The summed E-state index contributed by atoms with van der Waals surface area (Å²) in [4.78, 5) is 4.15. The van der Waals surface area contributed by atoms with E-state index in [1.807, 2.05) is 12.1 Å². The fourth-order valence-electron chi connectivity index (χ4n) is 1.46. The molecule has 1 aromatic carbocycles. The second-order valence-electron chi connectivity index (χ2n) is 3.11. The molecular formula is C11H10BrNO. The van der Waals surface area contributed by atoms with Gasteiger partial charge in [0, 0.05) is 21.4 Å². The Labute approximate surface area is 91.0 Å². The molecule has 0 atom stereocenters. The molecule has 0 N–H and O–H groups in total. The molecule has 72 valence electrons. The fraction of sp³-hybridized carbons (Fsp3) is 0.182. The first-order valence-electron chi connectivity index (χ1n) is 4.32. The summed E-state index contributed by atoms with van der Waals surface area (Å²) in [5.41, 5.74) is 1.21. The molecule has 0 saturated carbocycles. The molecule has 3 heteroatoms. The van der Waals surface area contributed by atoms with E-state index in [1.165, 1.54) is 5.56 Å². The van der Waals surface area contributed by atoms with Crippen molar-refractivity contribution in [2.75, 3.05) is 7.11 Å². The lowest BCUT2D eigenvalue weighted by Gasteiger charge is -2.06. The van der Waals surface area contributed by atoms with Crippen molar-refractivity contribution in [3.63, 3.8) is 0 Å². The number of hydrogen-bond acceptors (Lipinski definition) is 2. The molecule has 0 aliphatic heterocycles. The van der Waals surface area contributed by atoms with E-state index in [4.69, 9.17) is 4.74 Å². The maximum absolute atomic E-state index is 5.19. The van der Waals surface area contributed by atoms with E-state index in [1.54, 1.807) is 13.3 Å². The molecule has 0 amide bonds. The van der Waals surface area contributed by atoms with Crippen LogP contribution in [-0.4, -0.2) is 12.1 Å². The topological polar surface area (TPSA) is 22.1 Å². The summed E-state index contributed by atoms with van der Waals surface area (Å²) in [5.74, 6) is 0.670. The number of aromatic nitrogens is 1. The van der Waals surface area contributed by atoms with Crippen LogP contribution in [-0.2, 0) is 0 Å². The molecule has 0 fully saturated rings. The zero-order valence-corrected chi connectivity index (χ0v) is 9.63. The van der Waals surface area contributed by atoms with Gasteiger partial charge in [-0.15, -0.1) is 0 Å². The number of benzene rings is 1. The van der Waals surface area contributed by atoms with Crippen LogP contribution < -0.4 is 4.74 Å². The van der Waals surface area contributed by atoms with Gasteiger partial charge in [-0.05, 0) is 40.5 Å². The average Bonchev–Trinajstić information content (AvgIpc) is 2.23. The van der Waals surface area contributed by atoms with Gasteiger partial charge in [0.25, 0.3) is 0 Å². The minimum atomic E-state index is 0.670. The first kappa shape index (κ1) is 9.46. The molecule has 0 aliphatic rings. The molecule has 0 radical (unpaired) electrons. The quantitative estimate of drug-likeness (QED) is 0.776. The third-order valence-corrected chi connectivity index (χ3v) is 3.28. The molecule has 0 unspecified atom stereocenters. The van der Waals surface area contributed by atoms with Gasteiger partial charge in [0.15, 0.2) is 0 Å². The zero-order valence-electron chi connectivity index (χ0n) is 8.04. The first-order chi connectivity index (χ1) is 6.74. The van der Waals surface area contributed by atoms with E-state index in [0.717, 1.165) is 15.2 Å². The molecule has 2 aromatic rings. The predicted molar refractivity (Wildman–Crippen MR) is 60.7 cm³/mol. The third kappa shape index (κ3) is 1.38. The highest BCUT2D eigenvalue weighted by atomic mass is 79.9. The van der Waals surface area contributed by atoms with E-state index in [2.05, 4.69) is 33.9 Å². The van der Waals surface area contributed by atoms with Crippen molar-refractivity contribution in [1.29, 1.82) is 0 Å². The number of hydrogen-bond donors (Lipinski definition) is 0. The van der Waals surface area contributed by atoms with Gasteiger partial charge in [0.05, 0.1) is 7.11 Å². The Bertz CT molecular complexity index is 482. The lowest BCUT2D eigenvalue weighted by atomic mass is 10.1. The lowest BCUT2D eigenvalue weighted by molar-refractivity contribution is 0.403. The number of aryl methyl sites for hydroxylation is 1. The maximum atomic E-state index is 5.19. The molecule has 0 aliphatic carbocycles. The SMILES string of the molecule is COc1nccc2c(Br)c(C)ccc12. The number of nitrogens with zero attached hydrogens (tertiary/aromatic N) is 1. The summed E-state index contributed by atoms with van der Waals surface area (Å²) in [5, 5.41) is 2.17. The Morgan fingerprint density at radius 1 is 1.21 bits per heavy atom. The highest BCUT2D eigenvalue weighted by Gasteiger charge is 2.06. The molecule has 0 spiro atoms. The Kier molecular flexibility index (Phi) is 2.42. The monoisotopic (exact) mass is 251 g/mol. The van der Waals surface area contributed by atoms with Gasteiger partial charge in [0.2, 0.25) is 5.88 Å².